The van der Waals surface area contributed by atoms with Gasteiger partial charge in [0.1, 0.15) is 0 Å². The molecule has 1 aromatic heterocycles. The van der Waals surface area contributed by atoms with Crippen molar-refractivity contribution < 1.29 is 9.90 Å². The zero-order valence-corrected chi connectivity index (χ0v) is 11.8. The van der Waals surface area contributed by atoms with Crippen molar-refractivity contribution in [2.45, 2.75) is 34.6 Å². The highest BCUT2D eigenvalue weighted by Crippen LogP contribution is 2.23. The van der Waals surface area contributed by atoms with Gasteiger partial charge in [0.05, 0.1) is 21.3 Å². The lowest BCUT2D eigenvalue weighted by Crippen LogP contribution is -1.96. The first-order valence-electron chi connectivity index (χ1n) is 5.75. The molecule has 1 N–H and O–H groups in total. The first kappa shape index (κ1) is 15.6. The number of carboxylic acid groups (broad SMARTS) is 1. The van der Waals surface area contributed by atoms with Crippen molar-refractivity contribution in [1.29, 1.82) is 0 Å². The average Bonchev–Trinajstić information content (AvgIpc) is 2.83. The molecule has 1 aromatic carbocycles. The molecular formula is C13H19NO2S. The monoisotopic (exact) mass is 253 g/mol. The molecule has 0 amide bonds. The van der Waals surface area contributed by atoms with E-state index in [0.29, 0.717) is 5.56 Å². The largest absolute Gasteiger partial charge is 0.478 e. The number of hydrogen-bond donors (Lipinski definition) is 1. The predicted molar refractivity (Wildman–Crippen MR) is 74.0 cm³/mol. The number of aromatic nitrogens is 1. The lowest BCUT2D eigenvalue weighted by atomic mass is 10.1. The molecule has 0 radical (unpaired) electrons. The van der Waals surface area contributed by atoms with Gasteiger partial charge in [0.15, 0.2) is 0 Å². The molecule has 0 fully saturated rings. The van der Waals surface area contributed by atoms with Crippen LogP contribution in [0, 0.1) is 6.92 Å². The minimum Gasteiger partial charge on any atom is -0.478 e. The fourth-order valence-electron chi connectivity index (χ4n) is 1.26. The number of rotatable bonds is 1. The summed E-state index contributed by atoms with van der Waals surface area (Å²) >= 11 is 1.53. The lowest BCUT2D eigenvalue weighted by molar-refractivity contribution is 0.0697. The highest BCUT2D eigenvalue weighted by Gasteiger charge is 2.07. The van der Waals surface area contributed by atoms with Crippen molar-refractivity contribution in [2.75, 3.05) is 0 Å². The van der Waals surface area contributed by atoms with E-state index in [1.54, 1.807) is 17.6 Å². The molecule has 0 saturated heterocycles. The van der Waals surface area contributed by atoms with Crippen LogP contribution in [0.25, 0.3) is 10.2 Å². The number of carboxylic acids is 1. The van der Waals surface area contributed by atoms with E-state index in [1.807, 2.05) is 34.6 Å². The molecule has 0 saturated carbocycles. The summed E-state index contributed by atoms with van der Waals surface area (Å²) in [6.07, 6.45) is 0. The van der Waals surface area contributed by atoms with Crippen molar-refractivity contribution >= 4 is 27.5 Å². The van der Waals surface area contributed by atoms with E-state index in [1.165, 1.54) is 11.3 Å². The van der Waals surface area contributed by atoms with E-state index in [0.717, 1.165) is 15.8 Å². The molecule has 94 valence electrons. The Morgan fingerprint density at radius 2 is 1.82 bits per heavy atom. The number of fused-ring (bicyclic) bond motifs is 1. The molecule has 17 heavy (non-hydrogen) atoms. The van der Waals surface area contributed by atoms with Gasteiger partial charge < -0.3 is 5.11 Å². The number of benzene rings is 1. The third kappa shape index (κ3) is 3.82. The standard InChI is InChI=1S/C9H7NO2S.2C2H6/c1-5-2-6(9(11)12)3-7-8(5)13-4-10-7;2*1-2/h2-4H,1H3,(H,11,12);2*1-2H3. The van der Waals surface area contributed by atoms with Crippen LogP contribution in [0.4, 0.5) is 0 Å². The molecule has 0 atom stereocenters. The molecule has 4 heteroatoms. The van der Waals surface area contributed by atoms with Crippen LogP contribution in [0.2, 0.25) is 0 Å². The van der Waals surface area contributed by atoms with Crippen LogP contribution in [-0.4, -0.2) is 16.1 Å². The Morgan fingerprint density at radius 1 is 1.24 bits per heavy atom. The molecule has 3 nitrogen and oxygen atoms in total. The van der Waals surface area contributed by atoms with Crippen molar-refractivity contribution in [3.8, 4) is 0 Å². The van der Waals surface area contributed by atoms with Crippen LogP contribution in [0.15, 0.2) is 17.6 Å². The third-order valence-corrected chi connectivity index (χ3v) is 2.84. The normalized spacial score (nSPS) is 8.76. The van der Waals surface area contributed by atoms with E-state index in [4.69, 9.17) is 5.11 Å². The van der Waals surface area contributed by atoms with Crippen molar-refractivity contribution in [3.63, 3.8) is 0 Å². The Balaban J connectivity index is 0.000000581. The fraction of sp³-hybridized carbons (Fsp3) is 0.385. The van der Waals surface area contributed by atoms with Crippen molar-refractivity contribution in [2.24, 2.45) is 0 Å². The van der Waals surface area contributed by atoms with Gasteiger partial charge in [0.25, 0.3) is 0 Å². The SMILES string of the molecule is CC.CC.Cc1cc(C(=O)O)cc2ncsc12. The number of hydrogen-bond acceptors (Lipinski definition) is 3. The molecule has 0 aliphatic heterocycles. The van der Waals surface area contributed by atoms with E-state index < -0.39 is 5.97 Å². The summed E-state index contributed by atoms with van der Waals surface area (Å²) in [5.41, 5.74) is 3.76. The second-order valence-electron chi connectivity index (χ2n) is 2.80. The highest BCUT2D eigenvalue weighted by atomic mass is 32.1. The van der Waals surface area contributed by atoms with E-state index in [-0.39, 0.29) is 0 Å². The molecule has 0 aliphatic rings. The maximum atomic E-state index is 10.7. The maximum Gasteiger partial charge on any atom is 0.335 e. The number of aromatic carboxylic acids is 1. The van der Waals surface area contributed by atoms with E-state index in [9.17, 15) is 4.79 Å². The number of nitrogens with zero attached hydrogens (tertiary/aromatic N) is 1. The summed E-state index contributed by atoms with van der Waals surface area (Å²) in [6, 6.07) is 3.27. The summed E-state index contributed by atoms with van der Waals surface area (Å²) in [5.74, 6) is -0.905. The molecule has 1 heterocycles. The topological polar surface area (TPSA) is 50.2 Å². The van der Waals surface area contributed by atoms with E-state index in [2.05, 4.69) is 4.98 Å². The Morgan fingerprint density at radius 3 is 2.35 bits per heavy atom. The van der Waals surface area contributed by atoms with Gasteiger partial charge in [-0.3, -0.25) is 0 Å². The molecular weight excluding hydrogens is 234 g/mol. The van der Waals surface area contributed by atoms with Gasteiger partial charge in [0.2, 0.25) is 0 Å². The Kier molecular flexibility index (Phi) is 7.14. The Bertz CT molecular complexity index is 477. The number of carbonyl (C=O) groups is 1. The summed E-state index contributed by atoms with van der Waals surface area (Å²) in [4.78, 5) is 14.8. The number of aryl methyl sites for hydroxylation is 1. The average molecular weight is 253 g/mol. The summed E-state index contributed by atoms with van der Waals surface area (Å²) in [6.45, 7) is 9.90. The van der Waals surface area contributed by atoms with Gasteiger partial charge in [-0.1, -0.05) is 27.7 Å². The molecule has 0 bridgehead atoms. The minimum absolute atomic E-state index is 0.302. The molecule has 2 rings (SSSR count). The van der Waals surface area contributed by atoms with Crippen molar-refractivity contribution in [3.05, 3.63) is 28.8 Å². The smallest absolute Gasteiger partial charge is 0.335 e. The summed E-state index contributed by atoms with van der Waals surface area (Å²) in [7, 11) is 0. The van der Waals surface area contributed by atoms with Gasteiger partial charge in [-0.05, 0) is 24.6 Å². The first-order valence-corrected chi connectivity index (χ1v) is 6.63. The predicted octanol–water partition coefficient (Wildman–Crippen LogP) is 4.36. The van der Waals surface area contributed by atoms with Gasteiger partial charge in [-0.2, -0.15) is 0 Å². The highest BCUT2D eigenvalue weighted by molar-refractivity contribution is 7.16. The third-order valence-electron chi connectivity index (χ3n) is 1.86. The zero-order valence-electron chi connectivity index (χ0n) is 10.9. The van der Waals surface area contributed by atoms with Crippen LogP contribution in [-0.2, 0) is 0 Å². The molecule has 0 spiro atoms. The lowest BCUT2D eigenvalue weighted by Gasteiger charge is -1.97. The van der Waals surface area contributed by atoms with Gasteiger partial charge in [-0.25, -0.2) is 9.78 Å². The van der Waals surface area contributed by atoms with Crippen LogP contribution < -0.4 is 0 Å². The maximum absolute atomic E-state index is 10.7. The Labute approximate surface area is 106 Å². The summed E-state index contributed by atoms with van der Waals surface area (Å²) in [5, 5.41) is 8.78. The minimum atomic E-state index is -0.905. The second kappa shape index (κ2) is 7.79. The number of thiazole rings is 1. The molecule has 0 unspecified atom stereocenters. The molecule has 2 aromatic rings. The second-order valence-corrected chi connectivity index (χ2v) is 3.65. The first-order chi connectivity index (χ1) is 8.18. The van der Waals surface area contributed by atoms with Crippen molar-refractivity contribution in [1.82, 2.24) is 4.98 Å². The van der Waals surface area contributed by atoms with Gasteiger partial charge in [0, 0.05) is 0 Å². The Hall–Kier alpha value is -1.42. The quantitative estimate of drug-likeness (QED) is 0.821. The van der Waals surface area contributed by atoms with Crippen LogP contribution in [0.3, 0.4) is 0 Å². The van der Waals surface area contributed by atoms with Gasteiger partial charge >= 0.3 is 5.97 Å². The van der Waals surface area contributed by atoms with Crippen LogP contribution in [0.1, 0.15) is 43.6 Å². The van der Waals surface area contributed by atoms with E-state index >= 15 is 0 Å². The van der Waals surface area contributed by atoms with Gasteiger partial charge in [-0.15, -0.1) is 11.3 Å². The fourth-order valence-corrected chi connectivity index (χ4v) is 2.01. The summed E-state index contributed by atoms with van der Waals surface area (Å²) < 4.78 is 1.06. The van der Waals surface area contributed by atoms with Crippen LogP contribution in [0.5, 0.6) is 0 Å². The van der Waals surface area contributed by atoms with Crippen LogP contribution >= 0.6 is 11.3 Å². The zero-order chi connectivity index (χ0) is 13.4. The molecule has 0 aliphatic carbocycles.